The number of anilines is 1. The van der Waals surface area contributed by atoms with Gasteiger partial charge in [-0.1, -0.05) is 0 Å². The van der Waals surface area contributed by atoms with Gasteiger partial charge in [-0.2, -0.15) is 4.31 Å². The molecule has 1 aromatic rings. The van der Waals surface area contributed by atoms with E-state index in [0.717, 1.165) is 0 Å². The Labute approximate surface area is 108 Å². The van der Waals surface area contributed by atoms with E-state index in [0.29, 0.717) is 25.4 Å². The molecular formula is C12H18N2O3S. The van der Waals surface area contributed by atoms with E-state index >= 15 is 0 Å². The van der Waals surface area contributed by atoms with Gasteiger partial charge in [0, 0.05) is 18.8 Å². The van der Waals surface area contributed by atoms with Crippen LogP contribution in [-0.4, -0.2) is 38.0 Å². The first kappa shape index (κ1) is 13.3. The van der Waals surface area contributed by atoms with Crippen LogP contribution < -0.4 is 5.73 Å². The molecule has 1 aromatic carbocycles. The van der Waals surface area contributed by atoms with Crippen LogP contribution in [0.4, 0.5) is 5.69 Å². The summed E-state index contributed by atoms with van der Waals surface area (Å²) in [6, 6.07) is 6.26. The third-order valence-electron chi connectivity index (χ3n) is 2.91. The van der Waals surface area contributed by atoms with Gasteiger partial charge in [-0.3, -0.25) is 0 Å². The number of nitrogens with zero attached hydrogens (tertiary/aromatic N) is 1. The van der Waals surface area contributed by atoms with Crippen LogP contribution in [0.25, 0.3) is 0 Å². The van der Waals surface area contributed by atoms with Gasteiger partial charge in [0.05, 0.1) is 17.1 Å². The molecule has 100 valence electrons. The van der Waals surface area contributed by atoms with E-state index < -0.39 is 15.6 Å². The summed E-state index contributed by atoms with van der Waals surface area (Å²) in [7, 11) is -3.45. The summed E-state index contributed by atoms with van der Waals surface area (Å²) < 4.78 is 31.8. The molecule has 2 N–H and O–H groups in total. The average Bonchev–Trinajstić information content (AvgIpc) is 2.28. The molecule has 1 aliphatic heterocycles. The van der Waals surface area contributed by atoms with Crippen LogP contribution in [0.15, 0.2) is 29.2 Å². The fourth-order valence-corrected chi connectivity index (χ4v) is 3.54. The molecule has 0 amide bonds. The highest BCUT2D eigenvalue weighted by Crippen LogP contribution is 2.23. The molecule has 0 radical (unpaired) electrons. The lowest BCUT2D eigenvalue weighted by Crippen LogP contribution is -2.50. The lowest BCUT2D eigenvalue weighted by molar-refractivity contribution is -0.0640. The molecule has 18 heavy (non-hydrogen) atoms. The zero-order valence-electron chi connectivity index (χ0n) is 10.6. The normalized spacial score (nSPS) is 20.8. The van der Waals surface area contributed by atoms with Gasteiger partial charge in [-0.25, -0.2) is 8.42 Å². The van der Waals surface area contributed by atoms with Crippen LogP contribution >= 0.6 is 0 Å². The molecular weight excluding hydrogens is 252 g/mol. The standard InChI is InChI=1S/C12H18N2O3S/c1-12(2)9-14(7-8-17-12)18(15,16)11-5-3-10(13)4-6-11/h3-6H,7-9,13H2,1-2H3. The van der Waals surface area contributed by atoms with E-state index in [1.54, 1.807) is 12.1 Å². The number of nitrogens with two attached hydrogens (primary N) is 1. The molecule has 1 aliphatic rings. The van der Waals surface area contributed by atoms with Gasteiger partial charge in [-0.05, 0) is 38.1 Å². The Morgan fingerprint density at radius 3 is 2.44 bits per heavy atom. The zero-order chi connectivity index (χ0) is 13.4. The van der Waals surface area contributed by atoms with Crippen molar-refractivity contribution >= 4 is 15.7 Å². The monoisotopic (exact) mass is 270 g/mol. The number of nitrogen functional groups attached to an aromatic ring is 1. The fourth-order valence-electron chi connectivity index (χ4n) is 1.97. The maximum absolute atomic E-state index is 12.4. The first-order valence-corrected chi connectivity index (χ1v) is 7.25. The first-order chi connectivity index (χ1) is 8.31. The highest BCUT2D eigenvalue weighted by molar-refractivity contribution is 7.89. The SMILES string of the molecule is CC1(C)CN(S(=O)(=O)c2ccc(N)cc2)CCO1. The van der Waals surface area contributed by atoms with E-state index in [-0.39, 0.29) is 4.90 Å². The zero-order valence-corrected chi connectivity index (χ0v) is 11.4. The summed E-state index contributed by atoms with van der Waals surface area (Å²) in [5, 5.41) is 0. The Morgan fingerprint density at radius 1 is 1.28 bits per heavy atom. The minimum absolute atomic E-state index is 0.273. The summed E-state index contributed by atoms with van der Waals surface area (Å²) in [6.07, 6.45) is 0. The quantitative estimate of drug-likeness (QED) is 0.816. The molecule has 0 unspecified atom stereocenters. The smallest absolute Gasteiger partial charge is 0.243 e. The second-order valence-electron chi connectivity index (χ2n) is 5.02. The topological polar surface area (TPSA) is 72.6 Å². The number of benzene rings is 1. The predicted octanol–water partition coefficient (Wildman–Crippen LogP) is 1.07. The lowest BCUT2D eigenvalue weighted by Gasteiger charge is -2.37. The van der Waals surface area contributed by atoms with Crippen LogP contribution in [0.3, 0.4) is 0 Å². The molecule has 5 nitrogen and oxygen atoms in total. The molecule has 0 spiro atoms. The third kappa shape index (κ3) is 2.66. The lowest BCUT2D eigenvalue weighted by atomic mass is 10.1. The Balaban J connectivity index is 2.28. The summed E-state index contributed by atoms with van der Waals surface area (Å²) in [6.45, 7) is 4.94. The Kier molecular flexibility index (Phi) is 3.35. The number of hydrogen-bond acceptors (Lipinski definition) is 4. The average molecular weight is 270 g/mol. The molecule has 2 rings (SSSR count). The Morgan fingerprint density at radius 2 is 1.89 bits per heavy atom. The van der Waals surface area contributed by atoms with Crippen molar-refractivity contribution in [1.82, 2.24) is 4.31 Å². The molecule has 1 heterocycles. The molecule has 0 aromatic heterocycles. The third-order valence-corrected chi connectivity index (χ3v) is 4.77. The van der Waals surface area contributed by atoms with Crippen LogP contribution in [0, 0.1) is 0 Å². The number of sulfonamides is 1. The van der Waals surface area contributed by atoms with E-state index in [9.17, 15) is 8.42 Å². The van der Waals surface area contributed by atoms with E-state index in [1.807, 2.05) is 13.8 Å². The maximum atomic E-state index is 12.4. The van der Waals surface area contributed by atoms with Crippen LogP contribution in [0.1, 0.15) is 13.8 Å². The van der Waals surface area contributed by atoms with Gasteiger partial charge in [-0.15, -0.1) is 0 Å². The van der Waals surface area contributed by atoms with Gasteiger partial charge >= 0.3 is 0 Å². The van der Waals surface area contributed by atoms with Gasteiger partial charge in [0.1, 0.15) is 0 Å². The van der Waals surface area contributed by atoms with Crippen molar-refractivity contribution in [2.45, 2.75) is 24.3 Å². The maximum Gasteiger partial charge on any atom is 0.243 e. The second-order valence-corrected chi connectivity index (χ2v) is 6.95. The molecule has 1 fully saturated rings. The summed E-state index contributed by atoms with van der Waals surface area (Å²) in [4.78, 5) is 0.273. The molecule has 0 aliphatic carbocycles. The highest BCUT2D eigenvalue weighted by atomic mass is 32.2. The van der Waals surface area contributed by atoms with Crippen molar-refractivity contribution < 1.29 is 13.2 Å². The van der Waals surface area contributed by atoms with Gasteiger partial charge in [0.15, 0.2) is 0 Å². The number of ether oxygens (including phenoxy) is 1. The molecule has 1 saturated heterocycles. The molecule has 0 saturated carbocycles. The minimum atomic E-state index is -3.45. The molecule has 0 bridgehead atoms. The van der Waals surface area contributed by atoms with Crippen LogP contribution in [0.2, 0.25) is 0 Å². The number of rotatable bonds is 2. The predicted molar refractivity (Wildman–Crippen MR) is 69.6 cm³/mol. The fraction of sp³-hybridized carbons (Fsp3) is 0.500. The minimum Gasteiger partial charge on any atom is -0.399 e. The second kappa shape index (κ2) is 4.53. The van der Waals surface area contributed by atoms with Crippen molar-refractivity contribution in [3.8, 4) is 0 Å². The van der Waals surface area contributed by atoms with Crippen molar-refractivity contribution in [2.75, 3.05) is 25.4 Å². The summed E-state index contributed by atoms with van der Waals surface area (Å²) >= 11 is 0. The van der Waals surface area contributed by atoms with Gasteiger partial charge < -0.3 is 10.5 Å². The summed E-state index contributed by atoms with van der Waals surface area (Å²) in [5.74, 6) is 0. The molecule has 0 atom stereocenters. The van der Waals surface area contributed by atoms with Crippen LogP contribution in [0.5, 0.6) is 0 Å². The van der Waals surface area contributed by atoms with Gasteiger partial charge in [0.25, 0.3) is 0 Å². The van der Waals surface area contributed by atoms with Crippen LogP contribution in [-0.2, 0) is 14.8 Å². The Hall–Kier alpha value is -1.11. The molecule has 6 heteroatoms. The summed E-state index contributed by atoms with van der Waals surface area (Å²) in [5.41, 5.74) is 5.67. The van der Waals surface area contributed by atoms with Gasteiger partial charge in [0.2, 0.25) is 10.0 Å². The van der Waals surface area contributed by atoms with Crippen molar-refractivity contribution in [3.63, 3.8) is 0 Å². The van der Waals surface area contributed by atoms with E-state index in [1.165, 1.54) is 16.4 Å². The highest BCUT2D eigenvalue weighted by Gasteiger charge is 2.34. The van der Waals surface area contributed by atoms with Crippen molar-refractivity contribution in [1.29, 1.82) is 0 Å². The number of morpholine rings is 1. The van der Waals surface area contributed by atoms with E-state index in [4.69, 9.17) is 10.5 Å². The van der Waals surface area contributed by atoms with Crippen molar-refractivity contribution in [3.05, 3.63) is 24.3 Å². The van der Waals surface area contributed by atoms with E-state index in [2.05, 4.69) is 0 Å². The number of hydrogen-bond donors (Lipinski definition) is 1. The Bertz CT molecular complexity index is 523. The van der Waals surface area contributed by atoms with Crippen molar-refractivity contribution in [2.24, 2.45) is 0 Å². The largest absolute Gasteiger partial charge is 0.399 e. The first-order valence-electron chi connectivity index (χ1n) is 5.81.